The molecule has 2 heteroatoms. The Hall–Kier alpha value is -8.46. The maximum atomic E-state index is 2.67. The topological polar surface area (TPSA) is 6.48 Å². The van der Waals surface area contributed by atoms with Crippen LogP contribution in [0.2, 0.25) is 0 Å². The van der Waals surface area contributed by atoms with Crippen molar-refractivity contribution in [2.45, 2.75) is 101 Å². The highest BCUT2D eigenvalue weighted by Crippen LogP contribution is 2.61. The molecule has 15 rings (SSSR count). The van der Waals surface area contributed by atoms with Crippen LogP contribution in [0.15, 0.2) is 236 Å². The molecule has 0 aliphatic heterocycles. The second kappa shape index (κ2) is 20.0. The highest BCUT2D eigenvalue weighted by atomic mass is 15.1. The van der Waals surface area contributed by atoms with Crippen molar-refractivity contribution in [3.05, 3.63) is 286 Å². The molecular formula is C79H70N2. The molecule has 2 fully saturated rings. The highest BCUT2D eigenvalue weighted by Gasteiger charge is 2.48. The Bertz CT molecular complexity index is 3910. The van der Waals surface area contributed by atoms with Crippen molar-refractivity contribution in [1.82, 2.24) is 0 Å². The average molecular weight is 1050 g/mol. The summed E-state index contributed by atoms with van der Waals surface area (Å²) in [7, 11) is 0. The van der Waals surface area contributed by atoms with E-state index in [-0.39, 0.29) is 16.2 Å². The molecule has 1 atom stereocenters. The van der Waals surface area contributed by atoms with Crippen LogP contribution in [0, 0.1) is 5.92 Å². The van der Waals surface area contributed by atoms with Crippen molar-refractivity contribution in [1.29, 1.82) is 0 Å². The zero-order valence-corrected chi connectivity index (χ0v) is 46.9. The van der Waals surface area contributed by atoms with Crippen molar-refractivity contribution in [2.24, 2.45) is 5.92 Å². The Balaban J connectivity index is 0.685. The van der Waals surface area contributed by atoms with E-state index in [2.05, 4.69) is 272 Å². The molecule has 0 radical (unpaired) electrons. The van der Waals surface area contributed by atoms with Gasteiger partial charge in [0, 0.05) is 50.4 Å². The molecule has 2 spiro atoms. The van der Waals surface area contributed by atoms with Gasteiger partial charge >= 0.3 is 0 Å². The van der Waals surface area contributed by atoms with Crippen LogP contribution in [0.3, 0.4) is 0 Å². The lowest BCUT2D eigenvalue weighted by molar-refractivity contribution is 0.351. The number of benzene rings is 9. The minimum atomic E-state index is -0.122. The maximum Gasteiger partial charge on any atom is 0.0465 e. The molecular weight excluding hydrogens is 977 g/mol. The summed E-state index contributed by atoms with van der Waals surface area (Å²) in [6.45, 7) is 4.85. The lowest BCUT2D eigenvalue weighted by Gasteiger charge is -2.38. The first-order chi connectivity index (χ1) is 39.8. The van der Waals surface area contributed by atoms with Crippen LogP contribution in [-0.4, -0.2) is 0 Å². The fourth-order valence-electron chi connectivity index (χ4n) is 15.7. The van der Waals surface area contributed by atoms with Gasteiger partial charge in [0.05, 0.1) is 0 Å². The number of rotatable bonds is 10. The van der Waals surface area contributed by atoms with Gasteiger partial charge in [0.1, 0.15) is 0 Å². The third-order valence-corrected chi connectivity index (χ3v) is 19.7. The lowest BCUT2D eigenvalue weighted by Crippen LogP contribution is -2.29. The van der Waals surface area contributed by atoms with Gasteiger partial charge in [-0.1, -0.05) is 228 Å². The predicted molar refractivity (Wildman–Crippen MR) is 342 cm³/mol. The van der Waals surface area contributed by atoms with E-state index < -0.39 is 0 Å². The summed E-state index contributed by atoms with van der Waals surface area (Å²) in [6, 6.07) is 79.7. The van der Waals surface area contributed by atoms with Gasteiger partial charge < -0.3 is 9.80 Å². The molecule has 2 nitrogen and oxygen atoms in total. The van der Waals surface area contributed by atoms with Crippen LogP contribution < -0.4 is 9.80 Å². The van der Waals surface area contributed by atoms with E-state index in [0.29, 0.717) is 5.92 Å². The van der Waals surface area contributed by atoms with Crippen molar-refractivity contribution in [3.63, 3.8) is 0 Å². The molecule has 0 saturated heterocycles. The minimum absolute atomic E-state index is 0.0220. The summed E-state index contributed by atoms with van der Waals surface area (Å²) in [4.78, 5) is 4.85. The summed E-state index contributed by atoms with van der Waals surface area (Å²) >= 11 is 0. The number of hydrogen-bond donors (Lipinski definition) is 0. The molecule has 0 heterocycles. The fourth-order valence-corrected chi connectivity index (χ4v) is 15.7. The monoisotopic (exact) mass is 1050 g/mol. The molecule has 9 aromatic carbocycles. The van der Waals surface area contributed by atoms with Gasteiger partial charge in [-0.3, -0.25) is 0 Å². The Labute approximate surface area is 480 Å². The predicted octanol–water partition coefficient (Wildman–Crippen LogP) is 21.6. The quantitative estimate of drug-likeness (QED) is 0.126. The van der Waals surface area contributed by atoms with Gasteiger partial charge in [-0.2, -0.15) is 0 Å². The molecule has 9 aromatic rings. The third-order valence-electron chi connectivity index (χ3n) is 19.7. The Morgan fingerprint density at radius 1 is 0.358 bits per heavy atom. The molecule has 6 aliphatic rings. The molecule has 0 aromatic heterocycles. The smallest absolute Gasteiger partial charge is 0.0465 e. The van der Waals surface area contributed by atoms with E-state index in [1.54, 1.807) is 5.57 Å². The first-order valence-corrected chi connectivity index (χ1v) is 30.2. The average Bonchev–Trinajstić information content (AvgIpc) is 2.82. The van der Waals surface area contributed by atoms with Gasteiger partial charge in [-0.25, -0.2) is 0 Å². The number of anilines is 6. The van der Waals surface area contributed by atoms with E-state index in [0.717, 1.165) is 6.42 Å². The number of allylic oxidation sites excluding steroid dienone is 5. The zero-order valence-electron chi connectivity index (χ0n) is 46.9. The van der Waals surface area contributed by atoms with Crippen LogP contribution in [0.1, 0.15) is 135 Å². The summed E-state index contributed by atoms with van der Waals surface area (Å²) in [5, 5.41) is 0. The van der Waals surface area contributed by atoms with Gasteiger partial charge in [0.25, 0.3) is 0 Å². The zero-order chi connectivity index (χ0) is 54.1. The number of fused-ring (bicyclic) bond motifs is 13. The lowest BCUT2D eigenvalue weighted by atomic mass is 9.66. The van der Waals surface area contributed by atoms with Crippen LogP contribution >= 0.6 is 0 Å². The standard InChI is InChI=1S/C79H70N2/c1-77(2)71-49-55(29-31-57-35-41-67-69-43-37-63(53-75(69)78(73(67)51-57)45-17-7-18-46-78)80(59-21-9-3-10-22-59)60-23-11-4-12-24-60)33-39-65(71)66-40-34-56(50-72(66)77)30-32-58-36-42-68-70-44-38-64(54-76(70)79(74(68)52-58)47-19-8-20-48-79)81(61-25-13-5-14-26-61)62-27-15-6-16-28-62/h3-6,9-16,21-35,37-44,49-54,58H,7-8,17-20,36,45-48H2,1-2H3/b31-29+,32-30+. The highest BCUT2D eigenvalue weighted by molar-refractivity contribution is 5.93. The number of hydrogen-bond acceptors (Lipinski definition) is 2. The molecule has 1 unspecified atom stereocenters. The molecule has 0 N–H and O–H groups in total. The van der Waals surface area contributed by atoms with Crippen LogP contribution in [0.5, 0.6) is 0 Å². The van der Waals surface area contributed by atoms with Gasteiger partial charge in [0.2, 0.25) is 0 Å². The van der Waals surface area contributed by atoms with Gasteiger partial charge in [-0.05, 0) is 194 Å². The molecule has 0 bridgehead atoms. The summed E-state index contributed by atoms with van der Waals surface area (Å²) in [5.74, 6) is 0.354. The van der Waals surface area contributed by atoms with E-state index in [9.17, 15) is 0 Å². The first kappa shape index (κ1) is 49.6. The van der Waals surface area contributed by atoms with Crippen molar-refractivity contribution in [3.8, 4) is 22.3 Å². The van der Waals surface area contributed by atoms with E-state index in [4.69, 9.17) is 0 Å². The molecule has 81 heavy (non-hydrogen) atoms. The first-order valence-electron chi connectivity index (χ1n) is 30.2. The van der Waals surface area contributed by atoms with E-state index in [1.165, 1.54) is 176 Å². The van der Waals surface area contributed by atoms with Crippen LogP contribution in [-0.2, 0) is 16.2 Å². The van der Waals surface area contributed by atoms with Crippen molar-refractivity contribution < 1.29 is 0 Å². The number of para-hydroxylation sites is 4. The Morgan fingerprint density at radius 2 is 0.741 bits per heavy atom. The third kappa shape index (κ3) is 8.35. The fraction of sp³-hybridized carbons (Fsp3) is 0.215. The van der Waals surface area contributed by atoms with Crippen LogP contribution in [0.25, 0.3) is 46.1 Å². The minimum Gasteiger partial charge on any atom is -0.310 e. The largest absolute Gasteiger partial charge is 0.310 e. The van der Waals surface area contributed by atoms with Crippen LogP contribution in [0.4, 0.5) is 34.1 Å². The second-order valence-electron chi connectivity index (χ2n) is 24.6. The Kier molecular flexibility index (Phi) is 12.2. The molecule has 2 saturated carbocycles. The normalized spacial score (nSPS) is 18.4. The summed E-state index contributed by atoms with van der Waals surface area (Å²) in [5.41, 5.74) is 28.4. The number of nitrogens with zero attached hydrogens (tertiary/aromatic N) is 2. The second-order valence-corrected chi connectivity index (χ2v) is 24.6. The van der Waals surface area contributed by atoms with Crippen molar-refractivity contribution in [2.75, 3.05) is 9.80 Å². The van der Waals surface area contributed by atoms with Gasteiger partial charge in [0.15, 0.2) is 0 Å². The van der Waals surface area contributed by atoms with Gasteiger partial charge in [-0.15, -0.1) is 0 Å². The summed E-state index contributed by atoms with van der Waals surface area (Å²) < 4.78 is 0. The van der Waals surface area contributed by atoms with E-state index >= 15 is 0 Å². The maximum absolute atomic E-state index is 2.67. The van der Waals surface area contributed by atoms with E-state index in [1.807, 2.05) is 0 Å². The molecule has 396 valence electrons. The SMILES string of the molecule is CC1(C)c2cc(/C=C/c3ccc4c(c3)C3(CCCCC3)c3cc(N(c5ccccc5)c5ccccc5)ccc3-4)ccc2-c2ccc(/C=C/C3C=C4C(=CC3)c3ccc(N(c5ccccc5)c5ccccc5)cc3C43CCCCC3)cc21. The molecule has 0 amide bonds. The summed E-state index contributed by atoms with van der Waals surface area (Å²) in [6.07, 6.45) is 28.4. The van der Waals surface area contributed by atoms with Crippen molar-refractivity contribution >= 4 is 57.9 Å². The molecule has 6 aliphatic carbocycles. The Morgan fingerprint density at radius 3 is 1.22 bits per heavy atom.